The summed E-state index contributed by atoms with van der Waals surface area (Å²) >= 11 is 0. The van der Waals surface area contributed by atoms with Crippen molar-refractivity contribution in [2.75, 3.05) is 13.2 Å². The van der Waals surface area contributed by atoms with E-state index in [1.54, 1.807) is 0 Å². The molecule has 1 saturated heterocycles. The molecule has 0 aromatic heterocycles. The highest BCUT2D eigenvalue weighted by Crippen LogP contribution is 2.25. The van der Waals surface area contributed by atoms with Gasteiger partial charge in [0, 0.05) is 12.8 Å². The summed E-state index contributed by atoms with van der Waals surface area (Å²) in [4.78, 5) is 25.7. The molecule has 67 heavy (non-hydrogen) atoms. The minimum Gasteiger partial charge on any atom is -0.463 e. The molecule has 0 bridgehead atoms. The number of aliphatic hydroxyl groups is 3. The lowest BCUT2D eigenvalue weighted by atomic mass is 9.99. The second-order valence-corrected chi connectivity index (χ2v) is 20.7. The quantitative estimate of drug-likeness (QED) is 0.0403. The van der Waals surface area contributed by atoms with Crippen molar-refractivity contribution in [2.45, 2.75) is 347 Å². The number of aliphatic hydroxyl groups excluding tert-OH is 3. The fourth-order valence-corrected chi connectivity index (χ4v) is 9.56. The molecule has 0 amide bonds. The zero-order valence-corrected chi connectivity index (χ0v) is 44.5. The van der Waals surface area contributed by atoms with E-state index in [9.17, 15) is 24.9 Å². The molecule has 0 radical (unpaired) electrons. The molecular weight excluding hydrogens is 841 g/mol. The van der Waals surface area contributed by atoms with Crippen molar-refractivity contribution in [1.29, 1.82) is 0 Å². The van der Waals surface area contributed by atoms with Gasteiger partial charge in [-0.05, 0) is 25.7 Å². The van der Waals surface area contributed by atoms with Crippen LogP contribution in [0.15, 0.2) is 0 Å². The van der Waals surface area contributed by atoms with E-state index in [1.165, 1.54) is 212 Å². The highest BCUT2D eigenvalue weighted by Gasteiger charge is 2.45. The number of carbonyl (C=O) groups is 2. The SMILES string of the molecule is CCCCCCCCCCCCCCCCCCC(CO[C@H]1OC(COC(=O)CCCCCCCCCCCCCCC)[C@@H](O)C(O)[C@@H]1O)OC(=O)CCCCCCCCCCCCCCC. The molecule has 9 nitrogen and oxygen atoms in total. The average Bonchev–Trinajstić information content (AvgIpc) is 3.32. The van der Waals surface area contributed by atoms with E-state index in [2.05, 4.69) is 20.8 Å². The van der Waals surface area contributed by atoms with Gasteiger partial charge in [-0.3, -0.25) is 9.59 Å². The Labute approximate surface area is 414 Å². The van der Waals surface area contributed by atoms with Gasteiger partial charge in [0.15, 0.2) is 6.29 Å². The van der Waals surface area contributed by atoms with Crippen molar-refractivity contribution in [1.82, 2.24) is 0 Å². The monoisotopic (exact) mass is 953 g/mol. The van der Waals surface area contributed by atoms with E-state index in [-0.39, 0.29) is 31.6 Å². The van der Waals surface area contributed by atoms with Gasteiger partial charge in [-0.15, -0.1) is 0 Å². The second kappa shape index (κ2) is 48.4. The Morgan fingerprint density at radius 3 is 1.07 bits per heavy atom. The van der Waals surface area contributed by atoms with Gasteiger partial charge in [0.2, 0.25) is 0 Å². The predicted octanol–water partition coefficient (Wildman–Crippen LogP) is 15.9. The molecule has 0 spiro atoms. The molecule has 0 saturated carbocycles. The summed E-state index contributed by atoms with van der Waals surface area (Å²) in [5.74, 6) is -0.603. The number of esters is 2. The second-order valence-electron chi connectivity index (χ2n) is 20.7. The fraction of sp³-hybridized carbons (Fsp3) is 0.966. The summed E-state index contributed by atoms with van der Waals surface area (Å²) in [6, 6.07) is 0. The van der Waals surface area contributed by atoms with E-state index in [1.807, 2.05) is 0 Å². The molecule has 0 aliphatic carbocycles. The third kappa shape index (κ3) is 39.1. The number of carbonyl (C=O) groups excluding carboxylic acids is 2. The molecule has 398 valence electrons. The highest BCUT2D eigenvalue weighted by molar-refractivity contribution is 5.69. The summed E-state index contributed by atoms with van der Waals surface area (Å²) in [6.45, 7) is 6.54. The molecule has 0 aromatic rings. The molecule has 3 unspecified atom stereocenters. The Bertz CT molecular complexity index is 1060. The molecule has 0 aromatic carbocycles. The van der Waals surface area contributed by atoms with Gasteiger partial charge in [-0.25, -0.2) is 0 Å². The summed E-state index contributed by atoms with van der Waals surface area (Å²) < 4.78 is 23.3. The van der Waals surface area contributed by atoms with Crippen LogP contribution in [0.1, 0.15) is 310 Å². The third-order valence-corrected chi connectivity index (χ3v) is 14.2. The molecule has 3 N–H and O–H groups in total. The first kappa shape index (κ1) is 63.8. The molecule has 6 atom stereocenters. The topological polar surface area (TPSA) is 132 Å². The molecule has 1 rings (SSSR count). The van der Waals surface area contributed by atoms with Crippen LogP contribution in [0, 0.1) is 0 Å². The van der Waals surface area contributed by atoms with Crippen molar-refractivity contribution in [3.8, 4) is 0 Å². The summed E-state index contributed by atoms with van der Waals surface area (Å²) in [7, 11) is 0. The third-order valence-electron chi connectivity index (χ3n) is 14.2. The Kier molecular flexibility index (Phi) is 46.0. The van der Waals surface area contributed by atoms with E-state index in [0.29, 0.717) is 12.8 Å². The normalized spacial score (nSPS) is 18.9. The van der Waals surface area contributed by atoms with Gasteiger partial charge >= 0.3 is 11.9 Å². The zero-order chi connectivity index (χ0) is 48.7. The van der Waals surface area contributed by atoms with Crippen LogP contribution < -0.4 is 0 Å². The fourth-order valence-electron chi connectivity index (χ4n) is 9.56. The Morgan fingerprint density at radius 2 is 0.716 bits per heavy atom. The number of hydrogen-bond acceptors (Lipinski definition) is 9. The number of unbranched alkanes of at least 4 members (excludes halogenated alkanes) is 39. The number of hydrogen-bond donors (Lipinski definition) is 3. The molecule has 9 heteroatoms. The minimum absolute atomic E-state index is 0.000813. The predicted molar refractivity (Wildman–Crippen MR) is 278 cm³/mol. The van der Waals surface area contributed by atoms with E-state index in [4.69, 9.17) is 18.9 Å². The first-order valence-electron chi connectivity index (χ1n) is 29.5. The van der Waals surface area contributed by atoms with E-state index in [0.717, 1.165) is 57.8 Å². The van der Waals surface area contributed by atoms with Crippen LogP contribution >= 0.6 is 0 Å². The van der Waals surface area contributed by atoms with E-state index < -0.39 is 36.8 Å². The summed E-state index contributed by atoms with van der Waals surface area (Å²) in [5, 5.41) is 32.3. The molecular formula is C58H112O9. The standard InChI is InChI=1S/C58H112O9/c1-4-7-10-13-16-19-22-25-26-27-30-31-34-37-40-43-46-51(66-54(60)48-45-42-39-36-33-29-24-21-18-15-12-9-6-3)49-65-58-57(63)56(62)55(61)52(67-58)50-64-53(59)47-44-41-38-35-32-28-23-20-17-14-11-8-5-2/h51-52,55-58,61-63H,4-50H2,1-3H3/t51?,52?,55-,56?,57+,58+/m1/s1. The first-order valence-corrected chi connectivity index (χ1v) is 29.5. The van der Waals surface area contributed by atoms with Crippen molar-refractivity contribution in [3.05, 3.63) is 0 Å². The van der Waals surface area contributed by atoms with Gasteiger partial charge in [0.05, 0.1) is 6.61 Å². The number of ether oxygens (including phenoxy) is 4. The Hall–Kier alpha value is -1.26. The first-order chi connectivity index (χ1) is 32.8. The molecule has 1 aliphatic heterocycles. The maximum atomic E-state index is 13.1. The Balaban J connectivity index is 2.46. The van der Waals surface area contributed by atoms with Crippen molar-refractivity contribution in [3.63, 3.8) is 0 Å². The van der Waals surface area contributed by atoms with Gasteiger partial charge in [-0.2, -0.15) is 0 Å². The minimum atomic E-state index is -1.54. The smallest absolute Gasteiger partial charge is 0.306 e. The van der Waals surface area contributed by atoms with Crippen LogP contribution in [0.5, 0.6) is 0 Å². The summed E-state index contributed by atoms with van der Waals surface area (Å²) in [5.41, 5.74) is 0. The van der Waals surface area contributed by atoms with Crippen LogP contribution in [-0.2, 0) is 28.5 Å². The van der Waals surface area contributed by atoms with Crippen LogP contribution in [-0.4, -0.2) is 77.3 Å². The lowest BCUT2D eigenvalue weighted by Gasteiger charge is -2.40. The number of rotatable bonds is 51. The molecule has 1 aliphatic rings. The van der Waals surface area contributed by atoms with Crippen molar-refractivity contribution >= 4 is 11.9 Å². The Morgan fingerprint density at radius 1 is 0.403 bits per heavy atom. The highest BCUT2D eigenvalue weighted by atomic mass is 16.7. The van der Waals surface area contributed by atoms with E-state index >= 15 is 0 Å². The van der Waals surface area contributed by atoms with Gasteiger partial charge in [-0.1, -0.05) is 271 Å². The van der Waals surface area contributed by atoms with Crippen molar-refractivity contribution in [2.24, 2.45) is 0 Å². The van der Waals surface area contributed by atoms with Crippen LogP contribution in [0.4, 0.5) is 0 Å². The van der Waals surface area contributed by atoms with Crippen LogP contribution in [0.2, 0.25) is 0 Å². The summed E-state index contributed by atoms with van der Waals surface area (Å²) in [6.07, 6.45) is 46.6. The average molecular weight is 954 g/mol. The van der Waals surface area contributed by atoms with Crippen LogP contribution in [0.25, 0.3) is 0 Å². The van der Waals surface area contributed by atoms with Gasteiger partial charge in [0.25, 0.3) is 0 Å². The maximum absolute atomic E-state index is 13.1. The zero-order valence-electron chi connectivity index (χ0n) is 44.5. The lowest BCUT2D eigenvalue weighted by molar-refractivity contribution is -0.305. The van der Waals surface area contributed by atoms with Gasteiger partial charge < -0.3 is 34.3 Å². The largest absolute Gasteiger partial charge is 0.463 e. The lowest BCUT2D eigenvalue weighted by Crippen LogP contribution is -2.59. The molecule has 1 heterocycles. The van der Waals surface area contributed by atoms with Gasteiger partial charge in [0.1, 0.15) is 37.1 Å². The van der Waals surface area contributed by atoms with Crippen molar-refractivity contribution < 1.29 is 43.9 Å². The maximum Gasteiger partial charge on any atom is 0.306 e. The van der Waals surface area contributed by atoms with Crippen LogP contribution in [0.3, 0.4) is 0 Å². The molecule has 1 fully saturated rings.